The maximum absolute atomic E-state index is 14.4. The van der Waals surface area contributed by atoms with E-state index >= 15 is 0 Å². The van der Waals surface area contributed by atoms with Crippen LogP contribution in [0.15, 0.2) is 47.3 Å². The molecule has 1 aliphatic carbocycles. The van der Waals surface area contributed by atoms with E-state index in [1.54, 1.807) is 35.2 Å². The number of hydrogen-bond donors (Lipinski definition) is 4. The van der Waals surface area contributed by atoms with E-state index in [2.05, 4.69) is 13.0 Å². The first-order valence-corrected chi connectivity index (χ1v) is 21.7. The molecule has 1 saturated carbocycles. The highest BCUT2D eigenvalue weighted by atomic mass is 16.7. The number of aliphatic hydroxyl groups excluding tert-OH is 3. The van der Waals surface area contributed by atoms with Crippen LogP contribution in [-0.4, -0.2) is 125 Å². The standard InChI is InChI=1S/C46H73NO12/c1-10-11-14-33-20-27(2)19-28(3)21-39(56-8)42-40(57-9)23-30(5)46(54,59-42)43(51)44(52)47-18-13-12-15-35(47)45(53)58-41(31(6)37(50)25-34(33)26-48)29(4)22-32-16-17-36(49)38(24-32)55-7/h10-11,20,22,26,28,30-33,35-42,48-50,54H,12-19,21,23-25H2,1-9H3/b11-10+,27-20+,29-22+,34-26-/t28-,30+,31+,32-,33+,35-,36+,37-,38+,39-,40-,41+,42+,46+/m0/s1. The predicted octanol–water partition coefficient (Wildman–Crippen LogP) is 5.90. The molecule has 0 aromatic heterocycles. The molecule has 4 rings (SSSR count). The lowest BCUT2D eigenvalue weighted by atomic mass is 9.81. The first kappa shape index (κ1) is 48.8. The van der Waals surface area contributed by atoms with Gasteiger partial charge in [-0.25, -0.2) is 4.79 Å². The smallest absolute Gasteiger partial charge is 0.329 e. The lowest BCUT2D eigenvalue weighted by Gasteiger charge is -2.47. The minimum Gasteiger partial charge on any atom is -0.516 e. The number of esters is 1. The summed E-state index contributed by atoms with van der Waals surface area (Å²) in [5.41, 5.74) is 2.38. The molecule has 0 spiro atoms. The van der Waals surface area contributed by atoms with E-state index in [0.717, 1.165) is 11.8 Å². The Morgan fingerprint density at radius 3 is 2.25 bits per heavy atom. The van der Waals surface area contributed by atoms with E-state index in [1.807, 2.05) is 39.0 Å². The average Bonchev–Trinajstić information content (AvgIpc) is 3.22. The molecule has 2 bridgehead atoms. The summed E-state index contributed by atoms with van der Waals surface area (Å²) in [7, 11) is 4.66. The van der Waals surface area contributed by atoms with Crippen LogP contribution in [0.1, 0.15) is 112 Å². The van der Waals surface area contributed by atoms with Crippen LogP contribution < -0.4 is 0 Å². The third-order valence-electron chi connectivity index (χ3n) is 13.3. The number of Topliss-reactive ketones (excluding diaryl/α,β-unsaturated/α-hetero) is 1. The maximum Gasteiger partial charge on any atom is 0.329 e. The number of aliphatic hydroxyl groups is 4. The Hall–Kier alpha value is -2.91. The summed E-state index contributed by atoms with van der Waals surface area (Å²) in [5, 5.41) is 45.2. The van der Waals surface area contributed by atoms with Crippen LogP contribution in [0.3, 0.4) is 0 Å². The van der Waals surface area contributed by atoms with Crippen molar-refractivity contribution in [2.45, 2.75) is 167 Å². The van der Waals surface area contributed by atoms with Crippen LogP contribution >= 0.6 is 0 Å². The number of fused-ring (bicyclic) bond motifs is 3. The number of amides is 1. The van der Waals surface area contributed by atoms with Gasteiger partial charge < -0.3 is 49.0 Å². The third-order valence-corrected chi connectivity index (χ3v) is 13.3. The number of ether oxygens (including phenoxy) is 5. The van der Waals surface area contributed by atoms with Gasteiger partial charge in [-0.3, -0.25) is 9.59 Å². The zero-order chi connectivity index (χ0) is 43.6. The number of hydrogen-bond acceptors (Lipinski definition) is 12. The van der Waals surface area contributed by atoms with Gasteiger partial charge in [0.25, 0.3) is 11.7 Å². The van der Waals surface area contributed by atoms with Gasteiger partial charge in [0, 0.05) is 45.6 Å². The number of allylic oxidation sites excluding steroid dienone is 5. The molecule has 1 amide bonds. The second-order valence-corrected chi connectivity index (χ2v) is 17.8. The van der Waals surface area contributed by atoms with Gasteiger partial charge in [-0.2, -0.15) is 0 Å². The molecule has 4 aliphatic rings. The van der Waals surface area contributed by atoms with E-state index in [0.29, 0.717) is 62.5 Å². The van der Waals surface area contributed by atoms with Gasteiger partial charge in [0.15, 0.2) is 0 Å². The Labute approximate surface area is 351 Å². The lowest BCUT2D eigenvalue weighted by Crippen LogP contribution is -2.64. The fourth-order valence-corrected chi connectivity index (χ4v) is 9.75. The number of carbonyl (C=O) groups is 3. The summed E-state index contributed by atoms with van der Waals surface area (Å²) < 4.78 is 30.0. The Morgan fingerprint density at radius 2 is 1.61 bits per heavy atom. The van der Waals surface area contributed by atoms with Crippen molar-refractivity contribution in [3.05, 3.63) is 47.3 Å². The number of piperidine rings is 1. The van der Waals surface area contributed by atoms with Crippen molar-refractivity contribution in [2.24, 2.45) is 29.6 Å². The van der Waals surface area contributed by atoms with Gasteiger partial charge >= 0.3 is 5.97 Å². The van der Waals surface area contributed by atoms with Crippen LogP contribution in [0.25, 0.3) is 0 Å². The number of carbonyl (C=O) groups excluding carboxylic acids is 3. The monoisotopic (exact) mass is 832 g/mol. The molecule has 0 radical (unpaired) electrons. The summed E-state index contributed by atoms with van der Waals surface area (Å²) in [4.78, 5) is 44.2. The largest absolute Gasteiger partial charge is 0.516 e. The molecule has 13 heteroatoms. The quantitative estimate of drug-likeness (QED) is 0.103. The minimum absolute atomic E-state index is 0.00740. The summed E-state index contributed by atoms with van der Waals surface area (Å²) in [6.07, 6.45) is 9.47. The maximum atomic E-state index is 14.4. The second kappa shape index (κ2) is 22.3. The SMILES string of the molecule is C/C=C/C[C@@H]1/C=C(\C)C[C@H](C)C[C@H](OC)[C@H]2O[C@@](O)(C(=O)C(=O)N3CCCC[C@H]3C(=O)O[C@H](/C(C)=C/[C@@H]3CC[C@@H](O)[C@H](OC)C3)[C@H](C)[C@@H](O)C/C1=C/O)[C@H](C)C[C@@H]2OC. The van der Waals surface area contributed by atoms with E-state index in [-0.39, 0.29) is 49.7 Å². The van der Waals surface area contributed by atoms with Gasteiger partial charge in [-0.1, -0.05) is 50.6 Å². The highest BCUT2D eigenvalue weighted by Gasteiger charge is 2.56. The first-order chi connectivity index (χ1) is 28.0. The average molecular weight is 832 g/mol. The van der Waals surface area contributed by atoms with E-state index < -0.39 is 77.9 Å². The number of methoxy groups -OCH3 is 3. The molecular weight excluding hydrogens is 759 g/mol. The molecular formula is C46H73NO12. The van der Waals surface area contributed by atoms with E-state index in [4.69, 9.17) is 23.7 Å². The fraction of sp³-hybridized carbons (Fsp3) is 0.761. The van der Waals surface area contributed by atoms with Crippen molar-refractivity contribution in [1.29, 1.82) is 0 Å². The fourth-order valence-electron chi connectivity index (χ4n) is 9.75. The van der Waals surface area contributed by atoms with E-state index in [9.17, 15) is 34.8 Å². The van der Waals surface area contributed by atoms with Gasteiger partial charge in [-0.15, -0.1) is 0 Å². The third kappa shape index (κ3) is 11.9. The Bertz CT molecular complexity index is 1540. The second-order valence-electron chi connectivity index (χ2n) is 17.8. The molecule has 0 aromatic rings. The Morgan fingerprint density at radius 1 is 0.932 bits per heavy atom. The highest BCUT2D eigenvalue weighted by Crippen LogP contribution is 2.39. The van der Waals surface area contributed by atoms with Gasteiger partial charge in [-0.05, 0) is 114 Å². The van der Waals surface area contributed by atoms with Crippen LogP contribution in [-0.2, 0) is 38.1 Å². The molecule has 3 aliphatic heterocycles. The normalized spacial score (nSPS) is 40.9. The van der Waals surface area contributed by atoms with Gasteiger partial charge in [0.1, 0.15) is 18.2 Å². The van der Waals surface area contributed by atoms with Crippen molar-refractivity contribution in [3.63, 3.8) is 0 Å². The van der Waals surface area contributed by atoms with Crippen LogP contribution in [0.2, 0.25) is 0 Å². The molecule has 334 valence electrons. The topological polar surface area (TPSA) is 182 Å². The molecule has 59 heavy (non-hydrogen) atoms. The zero-order valence-electron chi connectivity index (χ0n) is 36.9. The molecule has 2 saturated heterocycles. The summed E-state index contributed by atoms with van der Waals surface area (Å²) in [6, 6.07) is -1.12. The molecule has 0 unspecified atom stereocenters. The molecule has 3 fully saturated rings. The van der Waals surface area contributed by atoms with Crippen LogP contribution in [0.4, 0.5) is 0 Å². The van der Waals surface area contributed by atoms with Gasteiger partial charge in [0.05, 0.1) is 36.8 Å². The number of rotatable bonds is 7. The summed E-state index contributed by atoms with van der Waals surface area (Å²) in [5.74, 6) is -7.08. The molecule has 14 atom stereocenters. The number of cyclic esters (lactones) is 1. The van der Waals surface area contributed by atoms with Crippen molar-refractivity contribution >= 4 is 17.7 Å². The van der Waals surface area contributed by atoms with Gasteiger partial charge in [0.2, 0.25) is 5.79 Å². The van der Waals surface area contributed by atoms with E-state index in [1.165, 1.54) is 4.90 Å². The molecule has 4 N–H and O–H groups in total. The number of ketones is 1. The van der Waals surface area contributed by atoms with Crippen molar-refractivity contribution < 1.29 is 58.5 Å². The summed E-state index contributed by atoms with van der Waals surface area (Å²) >= 11 is 0. The van der Waals surface area contributed by atoms with Crippen LogP contribution in [0.5, 0.6) is 0 Å². The zero-order valence-corrected chi connectivity index (χ0v) is 36.9. The Kier molecular flexibility index (Phi) is 18.4. The van der Waals surface area contributed by atoms with Crippen LogP contribution in [0, 0.1) is 29.6 Å². The van der Waals surface area contributed by atoms with Crippen molar-refractivity contribution in [1.82, 2.24) is 4.90 Å². The summed E-state index contributed by atoms with van der Waals surface area (Å²) in [6.45, 7) is 11.4. The number of nitrogens with zero attached hydrogens (tertiary/aromatic N) is 1. The molecule has 13 nitrogen and oxygen atoms in total. The molecule has 0 aromatic carbocycles. The first-order valence-electron chi connectivity index (χ1n) is 21.7. The van der Waals surface area contributed by atoms with Crippen molar-refractivity contribution in [2.75, 3.05) is 27.9 Å². The highest BCUT2D eigenvalue weighted by molar-refractivity contribution is 6.39. The lowest BCUT2D eigenvalue weighted by molar-refractivity contribution is -0.302. The minimum atomic E-state index is -2.50. The molecule has 3 heterocycles. The Balaban J connectivity index is 1.81. The predicted molar refractivity (Wildman–Crippen MR) is 223 cm³/mol. The van der Waals surface area contributed by atoms with Crippen molar-refractivity contribution in [3.8, 4) is 0 Å².